The van der Waals surface area contributed by atoms with Crippen LogP contribution in [0.15, 0.2) is 30.3 Å². The number of anilines is 1. The fourth-order valence-electron chi connectivity index (χ4n) is 2.56. The highest BCUT2D eigenvalue weighted by Gasteiger charge is 2.26. The molecule has 0 spiro atoms. The van der Waals surface area contributed by atoms with Crippen LogP contribution in [0.25, 0.3) is 0 Å². The highest BCUT2D eigenvalue weighted by atomic mass is 32.2. The smallest absolute Gasteiger partial charge is 0.228 e. The average molecular weight is 310 g/mol. The minimum atomic E-state index is -3.15. The van der Waals surface area contributed by atoms with E-state index < -0.39 is 10.0 Å². The van der Waals surface area contributed by atoms with Crippen molar-refractivity contribution in [2.45, 2.75) is 26.2 Å². The molecule has 0 bridgehead atoms. The van der Waals surface area contributed by atoms with Crippen LogP contribution in [0.5, 0.6) is 0 Å². The van der Waals surface area contributed by atoms with E-state index in [1.54, 1.807) is 4.90 Å². The van der Waals surface area contributed by atoms with E-state index in [0.717, 1.165) is 18.5 Å². The van der Waals surface area contributed by atoms with Gasteiger partial charge in [-0.2, -0.15) is 0 Å². The fraction of sp³-hybridized carbons (Fsp3) is 0.533. The Morgan fingerprint density at radius 2 is 1.95 bits per heavy atom. The van der Waals surface area contributed by atoms with Gasteiger partial charge in [-0.25, -0.2) is 12.7 Å². The first kappa shape index (κ1) is 16.0. The van der Waals surface area contributed by atoms with Crippen LogP contribution in [0.2, 0.25) is 0 Å². The number of benzene rings is 1. The molecule has 1 aliphatic rings. The lowest BCUT2D eigenvalue weighted by Gasteiger charge is -2.27. The topological polar surface area (TPSA) is 57.7 Å². The molecular formula is C15H22N2O3S. The second-order valence-electron chi connectivity index (χ2n) is 5.15. The molecule has 2 rings (SSSR count). The van der Waals surface area contributed by atoms with E-state index in [1.165, 1.54) is 4.31 Å². The third-order valence-electron chi connectivity index (χ3n) is 3.71. The molecule has 1 aromatic rings. The summed E-state index contributed by atoms with van der Waals surface area (Å²) in [6.07, 6.45) is 1.82. The summed E-state index contributed by atoms with van der Waals surface area (Å²) in [6, 6.07) is 9.46. The third kappa shape index (κ3) is 4.04. The van der Waals surface area contributed by atoms with Crippen LogP contribution in [0, 0.1) is 0 Å². The summed E-state index contributed by atoms with van der Waals surface area (Å²) in [5.74, 6) is 0.168. The van der Waals surface area contributed by atoms with Gasteiger partial charge in [0.2, 0.25) is 15.9 Å². The first-order chi connectivity index (χ1) is 10.0. The van der Waals surface area contributed by atoms with Crippen molar-refractivity contribution in [1.29, 1.82) is 0 Å². The highest BCUT2D eigenvalue weighted by molar-refractivity contribution is 7.89. The Labute approximate surface area is 126 Å². The maximum absolute atomic E-state index is 12.3. The van der Waals surface area contributed by atoms with Gasteiger partial charge in [-0.15, -0.1) is 0 Å². The number of carbonyl (C=O) groups is 1. The molecular weight excluding hydrogens is 288 g/mol. The zero-order valence-electron chi connectivity index (χ0n) is 12.4. The van der Waals surface area contributed by atoms with Crippen LogP contribution in [0.4, 0.5) is 5.69 Å². The van der Waals surface area contributed by atoms with Crippen LogP contribution < -0.4 is 4.90 Å². The fourth-order valence-corrected chi connectivity index (χ4v) is 4.16. The lowest BCUT2D eigenvalue weighted by molar-refractivity contribution is -0.118. The van der Waals surface area contributed by atoms with Crippen molar-refractivity contribution < 1.29 is 13.2 Å². The normalized spacial score (nSPS) is 18.3. The Kier molecular flexibility index (Phi) is 5.36. The van der Waals surface area contributed by atoms with Crippen LogP contribution in [-0.4, -0.2) is 44.0 Å². The molecule has 1 aliphatic heterocycles. The van der Waals surface area contributed by atoms with E-state index in [2.05, 4.69) is 0 Å². The van der Waals surface area contributed by atoms with E-state index in [0.29, 0.717) is 13.1 Å². The summed E-state index contributed by atoms with van der Waals surface area (Å²) in [6.45, 7) is 3.32. The quantitative estimate of drug-likeness (QED) is 0.834. The number of amides is 1. The predicted molar refractivity (Wildman–Crippen MR) is 83.7 cm³/mol. The summed E-state index contributed by atoms with van der Waals surface area (Å²) < 4.78 is 25.3. The van der Waals surface area contributed by atoms with Crippen molar-refractivity contribution in [3.05, 3.63) is 30.3 Å². The molecule has 5 nitrogen and oxygen atoms in total. The van der Waals surface area contributed by atoms with E-state index in [1.807, 2.05) is 37.3 Å². The molecule has 1 fully saturated rings. The van der Waals surface area contributed by atoms with Gasteiger partial charge in [0.05, 0.1) is 5.75 Å². The number of hydrogen-bond acceptors (Lipinski definition) is 3. The van der Waals surface area contributed by atoms with E-state index >= 15 is 0 Å². The molecule has 116 valence electrons. The third-order valence-corrected chi connectivity index (χ3v) is 5.67. The molecule has 0 unspecified atom stereocenters. The number of carbonyl (C=O) groups excluding carboxylic acids is 1. The van der Waals surface area contributed by atoms with Crippen LogP contribution in [0.3, 0.4) is 0 Å². The lowest BCUT2D eigenvalue weighted by atomic mass is 10.2. The molecule has 6 heteroatoms. The van der Waals surface area contributed by atoms with Gasteiger partial charge in [0, 0.05) is 31.7 Å². The Morgan fingerprint density at radius 1 is 1.24 bits per heavy atom. The van der Waals surface area contributed by atoms with Gasteiger partial charge in [0.1, 0.15) is 0 Å². The van der Waals surface area contributed by atoms with Crippen molar-refractivity contribution in [2.24, 2.45) is 0 Å². The summed E-state index contributed by atoms with van der Waals surface area (Å²) in [5.41, 5.74) is 0.853. The molecule has 1 heterocycles. The van der Waals surface area contributed by atoms with Crippen molar-refractivity contribution in [3.8, 4) is 0 Å². The van der Waals surface area contributed by atoms with Gasteiger partial charge in [-0.05, 0) is 31.9 Å². The number of sulfonamides is 1. The Bertz CT molecular complexity index is 572. The highest BCUT2D eigenvalue weighted by Crippen LogP contribution is 2.17. The molecule has 0 aliphatic carbocycles. The van der Waals surface area contributed by atoms with E-state index in [4.69, 9.17) is 0 Å². The Hall–Kier alpha value is -1.40. The van der Waals surface area contributed by atoms with Crippen molar-refractivity contribution >= 4 is 21.6 Å². The molecule has 1 amide bonds. The number of para-hydroxylation sites is 1. The van der Waals surface area contributed by atoms with Gasteiger partial charge >= 0.3 is 0 Å². The average Bonchev–Trinajstić information content (AvgIpc) is 2.47. The Morgan fingerprint density at radius 3 is 2.57 bits per heavy atom. The molecule has 1 aromatic carbocycles. The first-order valence-corrected chi connectivity index (χ1v) is 8.99. The second kappa shape index (κ2) is 7.04. The lowest BCUT2D eigenvalue weighted by Crippen LogP contribution is -2.41. The SMILES string of the molecule is CCN(C(=O)CCN1CCCCS1(=O)=O)c1ccccc1. The second-order valence-corrected chi connectivity index (χ2v) is 7.23. The minimum absolute atomic E-state index is 0.0375. The minimum Gasteiger partial charge on any atom is -0.313 e. The van der Waals surface area contributed by atoms with Crippen LogP contribution in [0.1, 0.15) is 26.2 Å². The maximum atomic E-state index is 12.3. The number of nitrogens with zero attached hydrogens (tertiary/aromatic N) is 2. The molecule has 0 radical (unpaired) electrons. The summed E-state index contributed by atoms with van der Waals surface area (Å²) in [4.78, 5) is 14.0. The van der Waals surface area contributed by atoms with Crippen molar-refractivity contribution in [2.75, 3.05) is 30.3 Å². The molecule has 0 saturated carbocycles. The Balaban J connectivity index is 1.97. The number of hydrogen-bond donors (Lipinski definition) is 0. The predicted octanol–water partition coefficient (Wildman–Crippen LogP) is 1.86. The van der Waals surface area contributed by atoms with Gasteiger partial charge in [-0.1, -0.05) is 18.2 Å². The van der Waals surface area contributed by atoms with Gasteiger partial charge in [0.25, 0.3) is 0 Å². The van der Waals surface area contributed by atoms with Gasteiger partial charge in [0.15, 0.2) is 0 Å². The maximum Gasteiger partial charge on any atom is 0.228 e. The summed E-state index contributed by atoms with van der Waals surface area (Å²) in [7, 11) is -3.15. The van der Waals surface area contributed by atoms with Crippen molar-refractivity contribution in [1.82, 2.24) is 4.31 Å². The zero-order valence-corrected chi connectivity index (χ0v) is 13.2. The molecule has 0 N–H and O–H groups in total. The summed E-state index contributed by atoms with van der Waals surface area (Å²) >= 11 is 0. The standard InChI is InChI=1S/C15H22N2O3S/c1-2-17(14-8-4-3-5-9-14)15(18)10-12-16-11-6-7-13-21(16,19)20/h3-5,8-9H,2,6-7,10-13H2,1H3. The molecule has 21 heavy (non-hydrogen) atoms. The number of rotatable bonds is 5. The first-order valence-electron chi connectivity index (χ1n) is 7.38. The summed E-state index contributed by atoms with van der Waals surface area (Å²) in [5, 5.41) is 0. The van der Waals surface area contributed by atoms with E-state index in [9.17, 15) is 13.2 Å². The van der Waals surface area contributed by atoms with Gasteiger partial charge < -0.3 is 4.90 Å². The van der Waals surface area contributed by atoms with Gasteiger partial charge in [-0.3, -0.25) is 4.79 Å². The molecule has 0 atom stereocenters. The van der Waals surface area contributed by atoms with E-state index in [-0.39, 0.29) is 24.6 Å². The molecule has 1 saturated heterocycles. The van der Waals surface area contributed by atoms with Crippen molar-refractivity contribution in [3.63, 3.8) is 0 Å². The molecule has 0 aromatic heterocycles. The monoisotopic (exact) mass is 310 g/mol. The zero-order chi connectivity index (χ0) is 15.3. The van der Waals surface area contributed by atoms with Crippen LogP contribution >= 0.6 is 0 Å². The van der Waals surface area contributed by atoms with Crippen LogP contribution in [-0.2, 0) is 14.8 Å². The largest absolute Gasteiger partial charge is 0.313 e.